The van der Waals surface area contributed by atoms with E-state index in [4.69, 9.17) is 8.83 Å². The van der Waals surface area contributed by atoms with Crippen molar-refractivity contribution in [3.8, 4) is 45.0 Å². The Hall–Kier alpha value is -14.2. The van der Waals surface area contributed by atoms with Gasteiger partial charge in [-0.05, 0) is 182 Å². The molecule has 6 heteroatoms. The normalized spacial score (nSPS) is 12.2. The molecule has 0 spiro atoms. The summed E-state index contributed by atoms with van der Waals surface area (Å²) in [5, 5.41) is 24.2. The minimum absolute atomic E-state index is 0.900. The molecule has 0 saturated heterocycles. The van der Waals surface area contributed by atoms with Crippen molar-refractivity contribution in [1.82, 2.24) is 18.3 Å². The third kappa shape index (κ3) is 8.79. The Balaban J connectivity index is 0.000000129. The summed E-state index contributed by atoms with van der Waals surface area (Å²) in [4.78, 5) is 0. The minimum atomic E-state index is 0.900. The second-order valence-corrected chi connectivity index (χ2v) is 28.3. The number of hydrogen-bond donors (Lipinski definition) is 0. The van der Waals surface area contributed by atoms with E-state index in [9.17, 15) is 0 Å². The van der Waals surface area contributed by atoms with Gasteiger partial charge in [0.25, 0.3) is 0 Å². The van der Waals surface area contributed by atoms with Gasteiger partial charge in [0.15, 0.2) is 0 Å². The van der Waals surface area contributed by atoms with Crippen molar-refractivity contribution in [2.45, 2.75) is 0 Å². The molecule has 106 heavy (non-hydrogen) atoms. The molecular weight excluding hydrogens is 1290 g/mol. The van der Waals surface area contributed by atoms with Gasteiger partial charge in [-0.25, -0.2) is 0 Å². The van der Waals surface area contributed by atoms with Gasteiger partial charge in [-0.2, -0.15) is 0 Å². The number of aromatic nitrogens is 4. The fraction of sp³-hybridized carbons (Fsp3) is 0. The van der Waals surface area contributed by atoms with E-state index in [1.54, 1.807) is 0 Å². The van der Waals surface area contributed by atoms with Crippen LogP contribution in [0.1, 0.15) is 0 Å². The van der Waals surface area contributed by atoms with E-state index in [1.807, 2.05) is 12.1 Å². The van der Waals surface area contributed by atoms with E-state index >= 15 is 0 Å². The Kier molecular flexibility index (Phi) is 12.5. The Labute approximate surface area is 606 Å². The summed E-state index contributed by atoms with van der Waals surface area (Å²) in [5.41, 5.74) is 22.5. The van der Waals surface area contributed by atoms with Crippen LogP contribution in [0.2, 0.25) is 0 Å². The van der Waals surface area contributed by atoms with Crippen molar-refractivity contribution in [2.75, 3.05) is 0 Å². The first-order chi connectivity index (χ1) is 52.5. The molecule has 6 heterocycles. The van der Waals surface area contributed by atoms with Crippen LogP contribution in [0.3, 0.4) is 0 Å². The lowest BCUT2D eigenvalue weighted by molar-refractivity contribution is 0.669. The lowest BCUT2D eigenvalue weighted by Gasteiger charge is -2.12. The smallest absolute Gasteiger partial charge is 0.137 e. The number of fused-ring (bicyclic) bond motifs is 22. The second kappa shape index (κ2) is 22.6. The molecule has 18 aromatic carbocycles. The van der Waals surface area contributed by atoms with Crippen LogP contribution in [0.15, 0.2) is 373 Å². The van der Waals surface area contributed by atoms with E-state index < -0.39 is 0 Å². The maximum atomic E-state index is 6.44. The third-order valence-corrected chi connectivity index (χ3v) is 22.5. The van der Waals surface area contributed by atoms with Crippen LogP contribution in [0.4, 0.5) is 0 Å². The molecule has 6 aromatic heterocycles. The van der Waals surface area contributed by atoms with Crippen LogP contribution in [-0.4, -0.2) is 18.3 Å². The maximum Gasteiger partial charge on any atom is 0.137 e. The summed E-state index contributed by atoms with van der Waals surface area (Å²) < 4.78 is 22.5. The van der Waals surface area contributed by atoms with Crippen LogP contribution in [0.5, 0.6) is 0 Å². The first-order valence-electron chi connectivity index (χ1n) is 36.3. The van der Waals surface area contributed by atoms with Gasteiger partial charge < -0.3 is 27.1 Å². The van der Waals surface area contributed by atoms with Crippen LogP contribution >= 0.6 is 0 Å². The highest BCUT2D eigenvalue weighted by atomic mass is 16.3. The Morgan fingerprint density at radius 2 is 0.481 bits per heavy atom. The number of rotatable bonds is 6. The highest BCUT2D eigenvalue weighted by Crippen LogP contribution is 2.46. The lowest BCUT2D eigenvalue weighted by atomic mass is 10.00. The van der Waals surface area contributed by atoms with Gasteiger partial charge in [-0.1, -0.05) is 231 Å². The first-order valence-corrected chi connectivity index (χ1v) is 36.3. The Bertz CT molecular complexity index is 7840. The summed E-state index contributed by atoms with van der Waals surface area (Å²) in [6, 6.07) is 132. The summed E-state index contributed by atoms with van der Waals surface area (Å²) in [7, 11) is 0. The summed E-state index contributed by atoms with van der Waals surface area (Å²) in [6.45, 7) is 0. The van der Waals surface area contributed by atoms with E-state index in [0.29, 0.717) is 0 Å². The van der Waals surface area contributed by atoms with Gasteiger partial charge in [0.1, 0.15) is 22.3 Å². The van der Waals surface area contributed by atoms with Gasteiger partial charge in [0.2, 0.25) is 0 Å². The topological polar surface area (TPSA) is 46.0 Å². The van der Waals surface area contributed by atoms with Crippen LogP contribution in [-0.2, 0) is 0 Å². The Morgan fingerprint density at radius 1 is 0.151 bits per heavy atom. The van der Waals surface area contributed by atoms with Crippen molar-refractivity contribution in [3.63, 3.8) is 0 Å². The molecule has 0 amide bonds. The fourth-order valence-corrected chi connectivity index (χ4v) is 17.7. The first kappa shape index (κ1) is 58.4. The monoisotopic (exact) mass is 1350 g/mol. The molecule has 0 fully saturated rings. The van der Waals surface area contributed by atoms with Crippen molar-refractivity contribution in [2.24, 2.45) is 0 Å². The zero-order valence-electron chi connectivity index (χ0n) is 57.2. The van der Waals surface area contributed by atoms with Crippen molar-refractivity contribution in [3.05, 3.63) is 364 Å². The average Bonchev–Trinajstić information content (AvgIpc) is 1.58. The zero-order valence-corrected chi connectivity index (χ0v) is 57.2. The highest BCUT2D eigenvalue weighted by molar-refractivity contribution is 6.21. The average molecular weight is 1350 g/mol. The highest BCUT2D eigenvalue weighted by Gasteiger charge is 2.23. The van der Waals surface area contributed by atoms with E-state index in [-0.39, 0.29) is 0 Å². The van der Waals surface area contributed by atoms with Gasteiger partial charge in [-0.3, -0.25) is 0 Å². The van der Waals surface area contributed by atoms with Crippen LogP contribution in [0, 0.1) is 0 Å². The summed E-state index contributed by atoms with van der Waals surface area (Å²) in [6.07, 6.45) is 0. The Morgan fingerprint density at radius 3 is 0.962 bits per heavy atom. The largest absolute Gasteiger partial charge is 0.456 e. The number of benzene rings is 18. The van der Waals surface area contributed by atoms with E-state index in [1.165, 1.54) is 158 Å². The molecule has 0 aliphatic heterocycles. The SMILES string of the molecule is c1ccc2cc(-n3c4ccc(-c5ccc6c(c5)c5ccccc5n6-c5cccc6ccccc56)cc4c4cc5c(cc43)oc3ccccc35)ccc2c1.c1ccc2cc(-n3c4ccc(-c5ccc6c(c5)c5ccccc5n6-c5cccc6ccccc56)cc4c4cc5oc6ccccc6c5cc43)ccc2c1. The second-order valence-electron chi connectivity index (χ2n) is 28.3. The third-order valence-electron chi connectivity index (χ3n) is 22.5. The van der Waals surface area contributed by atoms with E-state index in [0.717, 1.165) is 60.8 Å². The molecule has 0 aliphatic carbocycles. The molecule has 492 valence electrons. The molecule has 0 N–H and O–H groups in total. The molecule has 0 saturated carbocycles. The molecule has 0 bridgehead atoms. The summed E-state index contributed by atoms with van der Waals surface area (Å²) in [5.74, 6) is 0. The number of furan rings is 2. The number of hydrogen-bond acceptors (Lipinski definition) is 2. The zero-order chi connectivity index (χ0) is 69.2. The number of nitrogens with zero attached hydrogens (tertiary/aromatic N) is 4. The predicted octanol–water partition coefficient (Wildman–Crippen LogP) is 27.5. The molecule has 0 atom stereocenters. The molecule has 0 radical (unpaired) electrons. The molecular formula is C100H60N4O2. The maximum absolute atomic E-state index is 6.44. The molecule has 6 nitrogen and oxygen atoms in total. The van der Waals surface area contributed by atoms with Gasteiger partial charge in [0.05, 0.1) is 55.5 Å². The minimum Gasteiger partial charge on any atom is -0.456 e. The summed E-state index contributed by atoms with van der Waals surface area (Å²) >= 11 is 0. The van der Waals surface area contributed by atoms with Gasteiger partial charge in [0, 0.05) is 92.8 Å². The van der Waals surface area contributed by atoms with Crippen molar-refractivity contribution in [1.29, 1.82) is 0 Å². The quantitative estimate of drug-likeness (QED) is 0.167. The van der Waals surface area contributed by atoms with Crippen molar-refractivity contribution < 1.29 is 8.83 Å². The van der Waals surface area contributed by atoms with Gasteiger partial charge >= 0.3 is 0 Å². The van der Waals surface area contributed by atoms with Crippen LogP contribution in [0.25, 0.3) is 219 Å². The molecule has 0 unspecified atom stereocenters. The van der Waals surface area contributed by atoms with E-state index in [2.05, 4.69) is 370 Å². The standard InChI is InChI=1S/2C50H30N2O/c1-2-12-33-26-36(23-20-31(33)10-1)51-46-24-21-35(28-41(46)42-30-50-43(29-48(42)51)39-16-6-8-19-49(39)53-50)34-22-25-47-40(27-34)38-15-5-7-17-45(38)52(47)44-18-9-13-32-11-3-4-14-37(32)44;1-2-12-33-26-36(23-20-31(33)10-1)51-46-24-21-35(28-41(46)42-29-43-39-16-6-8-19-49(39)53-50(43)30-48(42)51)34-22-25-47-40(27-34)38-15-5-7-17-45(38)52(47)44-18-9-13-32-11-3-4-14-37(32)44/h2*1-30H. The van der Waals surface area contributed by atoms with Gasteiger partial charge in [-0.15, -0.1) is 0 Å². The lowest BCUT2D eigenvalue weighted by Crippen LogP contribution is -1.95. The fourth-order valence-electron chi connectivity index (χ4n) is 17.7. The number of para-hydroxylation sites is 4. The molecule has 0 aliphatic rings. The molecule has 24 aromatic rings. The predicted molar refractivity (Wildman–Crippen MR) is 446 cm³/mol. The van der Waals surface area contributed by atoms with Crippen molar-refractivity contribution >= 4 is 174 Å². The molecule has 24 rings (SSSR count). The van der Waals surface area contributed by atoms with Crippen LogP contribution < -0.4 is 0 Å².